The van der Waals surface area contributed by atoms with E-state index in [9.17, 15) is 4.79 Å². The summed E-state index contributed by atoms with van der Waals surface area (Å²) in [6, 6.07) is 12.0. The normalized spacial score (nSPS) is 23.4. The van der Waals surface area contributed by atoms with Crippen molar-refractivity contribution in [2.75, 3.05) is 31.7 Å². The van der Waals surface area contributed by atoms with Gasteiger partial charge < -0.3 is 19.3 Å². The van der Waals surface area contributed by atoms with Crippen molar-refractivity contribution in [3.63, 3.8) is 0 Å². The molecule has 0 spiro atoms. The summed E-state index contributed by atoms with van der Waals surface area (Å²) in [5.41, 5.74) is 0.910. The highest BCUT2D eigenvalue weighted by Gasteiger charge is 2.44. The van der Waals surface area contributed by atoms with Gasteiger partial charge in [-0.05, 0) is 50.3 Å². The predicted octanol–water partition coefficient (Wildman–Crippen LogP) is 2.63. The SMILES string of the molecule is COc1cccc(C2(OCC(=O)N3CC4CC[C@@H](C3)N4c3ccc(C#N)cn3)CCC2)n1. The first-order valence-electron chi connectivity index (χ1n) is 11.2. The fraction of sp³-hybridized carbons (Fsp3) is 0.500. The van der Waals surface area contributed by atoms with Gasteiger partial charge >= 0.3 is 0 Å². The van der Waals surface area contributed by atoms with Gasteiger partial charge in [-0.25, -0.2) is 9.97 Å². The van der Waals surface area contributed by atoms with Crippen LogP contribution < -0.4 is 9.64 Å². The lowest BCUT2D eigenvalue weighted by Crippen LogP contribution is -2.56. The van der Waals surface area contributed by atoms with Crippen molar-refractivity contribution in [3.8, 4) is 11.9 Å². The second kappa shape index (κ2) is 8.40. The zero-order chi connectivity index (χ0) is 22.1. The number of piperazine rings is 1. The van der Waals surface area contributed by atoms with Crippen LogP contribution in [-0.2, 0) is 15.1 Å². The monoisotopic (exact) mass is 433 g/mol. The number of amides is 1. The van der Waals surface area contributed by atoms with E-state index in [1.807, 2.05) is 29.2 Å². The third kappa shape index (κ3) is 3.67. The molecule has 1 aliphatic carbocycles. The van der Waals surface area contributed by atoms with E-state index >= 15 is 0 Å². The number of carbonyl (C=O) groups excluding carboxylic acids is 1. The zero-order valence-electron chi connectivity index (χ0n) is 18.2. The summed E-state index contributed by atoms with van der Waals surface area (Å²) in [4.78, 5) is 26.4. The van der Waals surface area contributed by atoms with E-state index in [1.54, 1.807) is 19.4 Å². The van der Waals surface area contributed by atoms with Crippen LogP contribution in [0.4, 0.5) is 5.82 Å². The maximum absolute atomic E-state index is 13.1. The Hall–Kier alpha value is -3.18. The highest BCUT2D eigenvalue weighted by Crippen LogP contribution is 2.44. The molecule has 2 saturated heterocycles. The van der Waals surface area contributed by atoms with Crippen LogP contribution in [0, 0.1) is 11.3 Å². The number of anilines is 1. The lowest BCUT2D eigenvalue weighted by molar-refractivity contribution is -0.155. The third-order valence-electron chi connectivity index (χ3n) is 7.01. The molecular formula is C24H27N5O3. The molecule has 2 aromatic heterocycles. The van der Waals surface area contributed by atoms with Gasteiger partial charge in [-0.15, -0.1) is 0 Å². The molecular weight excluding hydrogens is 406 g/mol. The van der Waals surface area contributed by atoms with Crippen LogP contribution in [0.3, 0.4) is 0 Å². The fourth-order valence-corrected chi connectivity index (χ4v) is 5.13. The molecule has 2 aliphatic heterocycles. The van der Waals surface area contributed by atoms with Crippen molar-refractivity contribution in [1.29, 1.82) is 5.26 Å². The Kier molecular flexibility index (Phi) is 5.43. The van der Waals surface area contributed by atoms with Gasteiger partial charge in [0.05, 0.1) is 18.4 Å². The molecule has 2 atom stereocenters. The number of nitrogens with zero attached hydrogens (tertiary/aromatic N) is 5. The number of aromatic nitrogens is 2. The summed E-state index contributed by atoms with van der Waals surface area (Å²) in [7, 11) is 1.60. The summed E-state index contributed by atoms with van der Waals surface area (Å²) < 4.78 is 11.5. The number of likely N-dealkylation sites (tertiary alicyclic amines) is 1. The Balaban J connectivity index is 1.23. The van der Waals surface area contributed by atoms with Gasteiger partial charge in [0.15, 0.2) is 0 Å². The standard InChI is InChI=1S/C24H27N5O3/c1-31-22-5-2-4-20(27-22)24(10-3-11-24)32-16-23(30)28-14-18-7-8-19(15-28)29(18)21-9-6-17(12-25)13-26-21/h2,4-6,9,13,18-19H,3,7-8,10-11,14-16H2,1H3/t18-,19?/m0/s1. The number of hydrogen-bond donors (Lipinski definition) is 0. The summed E-state index contributed by atoms with van der Waals surface area (Å²) in [6.07, 6.45) is 6.48. The number of fused-ring (bicyclic) bond motifs is 2. The maximum atomic E-state index is 13.1. The van der Waals surface area contributed by atoms with Crippen molar-refractivity contribution in [1.82, 2.24) is 14.9 Å². The van der Waals surface area contributed by atoms with Crippen LogP contribution in [0.1, 0.15) is 43.4 Å². The highest BCUT2D eigenvalue weighted by atomic mass is 16.5. The number of nitriles is 1. The maximum Gasteiger partial charge on any atom is 0.248 e. The average molecular weight is 434 g/mol. The molecule has 8 nitrogen and oxygen atoms in total. The van der Waals surface area contributed by atoms with E-state index in [0.717, 1.165) is 43.6 Å². The van der Waals surface area contributed by atoms with Gasteiger partial charge in [-0.1, -0.05) is 6.07 Å². The highest BCUT2D eigenvalue weighted by molar-refractivity contribution is 5.78. The summed E-state index contributed by atoms with van der Waals surface area (Å²) in [5.74, 6) is 1.48. The van der Waals surface area contributed by atoms with Gasteiger partial charge in [0.25, 0.3) is 0 Å². The smallest absolute Gasteiger partial charge is 0.248 e. The van der Waals surface area contributed by atoms with Crippen molar-refractivity contribution in [3.05, 3.63) is 47.8 Å². The van der Waals surface area contributed by atoms with Crippen LogP contribution in [0.5, 0.6) is 5.88 Å². The summed E-state index contributed by atoms with van der Waals surface area (Å²) in [5, 5.41) is 9.01. The molecule has 4 heterocycles. The topological polar surface area (TPSA) is 91.6 Å². The summed E-state index contributed by atoms with van der Waals surface area (Å²) in [6.45, 7) is 1.41. The molecule has 1 unspecified atom stereocenters. The van der Waals surface area contributed by atoms with Crippen molar-refractivity contribution in [2.24, 2.45) is 0 Å². The van der Waals surface area contributed by atoms with E-state index in [4.69, 9.17) is 14.7 Å². The van der Waals surface area contributed by atoms with Crippen LogP contribution >= 0.6 is 0 Å². The lowest BCUT2D eigenvalue weighted by atomic mass is 9.77. The van der Waals surface area contributed by atoms with Crippen molar-refractivity contribution < 1.29 is 14.3 Å². The largest absolute Gasteiger partial charge is 0.481 e. The number of hydrogen-bond acceptors (Lipinski definition) is 7. The van der Waals surface area contributed by atoms with Crippen LogP contribution in [0.25, 0.3) is 0 Å². The first-order valence-corrected chi connectivity index (χ1v) is 11.2. The number of methoxy groups -OCH3 is 1. The number of ether oxygens (including phenoxy) is 2. The molecule has 32 heavy (non-hydrogen) atoms. The molecule has 5 rings (SSSR count). The minimum absolute atomic E-state index is 0.0310. The fourth-order valence-electron chi connectivity index (χ4n) is 5.13. The van der Waals surface area contributed by atoms with Crippen molar-refractivity contribution in [2.45, 2.75) is 49.8 Å². The van der Waals surface area contributed by atoms with E-state index in [-0.39, 0.29) is 24.6 Å². The molecule has 0 aromatic carbocycles. The minimum Gasteiger partial charge on any atom is -0.481 e. The Morgan fingerprint density at radius 3 is 2.59 bits per heavy atom. The molecule has 1 saturated carbocycles. The van der Waals surface area contributed by atoms with Gasteiger partial charge in [0.2, 0.25) is 11.8 Å². The number of rotatable bonds is 6. The molecule has 2 aromatic rings. The van der Waals surface area contributed by atoms with Gasteiger partial charge in [-0.2, -0.15) is 5.26 Å². The Bertz CT molecular complexity index is 1020. The molecule has 3 aliphatic rings. The predicted molar refractivity (Wildman–Crippen MR) is 117 cm³/mol. The molecule has 1 amide bonds. The average Bonchev–Trinajstić information content (AvgIpc) is 3.07. The van der Waals surface area contributed by atoms with E-state index in [2.05, 4.69) is 20.9 Å². The molecule has 8 heteroatoms. The molecule has 0 radical (unpaired) electrons. The minimum atomic E-state index is -0.489. The third-order valence-corrected chi connectivity index (χ3v) is 7.01. The first kappa shape index (κ1) is 20.7. The van der Waals surface area contributed by atoms with E-state index < -0.39 is 5.60 Å². The van der Waals surface area contributed by atoms with Crippen LogP contribution in [0.15, 0.2) is 36.5 Å². The lowest BCUT2D eigenvalue weighted by Gasteiger charge is -2.43. The number of carbonyl (C=O) groups is 1. The Labute approximate surface area is 187 Å². The van der Waals surface area contributed by atoms with Crippen LogP contribution in [0.2, 0.25) is 0 Å². The van der Waals surface area contributed by atoms with Gasteiger partial charge in [0.1, 0.15) is 24.1 Å². The first-order chi connectivity index (χ1) is 15.6. The number of pyridine rings is 2. The van der Waals surface area contributed by atoms with E-state index in [1.165, 1.54) is 0 Å². The Morgan fingerprint density at radius 1 is 1.22 bits per heavy atom. The van der Waals surface area contributed by atoms with Crippen molar-refractivity contribution >= 4 is 11.7 Å². The molecule has 0 N–H and O–H groups in total. The second-order valence-electron chi connectivity index (χ2n) is 8.81. The van der Waals surface area contributed by atoms with Gasteiger partial charge in [-0.3, -0.25) is 4.79 Å². The van der Waals surface area contributed by atoms with E-state index in [0.29, 0.717) is 24.5 Å². The Morgan fingerprint density at radius 2 is 2.00 bits per heavy atom. The molecule has 3 fully saturated rings. The second-order valence-corrected chi connectivity index (χ2v) is 8.81. The van der Waals surface area contributed by atoms with Crippen LogP contribution in [-0.4, -0.2) is 59.7 Å². The molecule has 166 valence electrons. The molecule has 2 bridgehead atoms. The zero-order valence-corrected chi connectivity index (χ0v) is 18.2. The summed E-state index contributed by atoms with van der Waals surface area (Å²) >= 11 is 0. The van der Waals surface area contributed by atoms with Gasteiger partial charge in [0, 0.05) is 37.4 Å². The quantitative estimate of drug-likeness (QED) is 0.691.